The molecule has 2 heteroatoms. The second-order valence-electron chi connectivity index (χ2n) is 4.55. The lowest BCUT2D eigenvalue weighted by Crippen LogP contribution is -2.13. The molecule has 0 saturated carbocycles. The van der Waals surface area contributed by atoms with E-state index in [9.17, 15) is 4.79 Å². The average molecular weight is 220 g/mol. The third kappa shape index (κ3) is 4.05. The van der Waals surface area contributed by atoms with Crippen molar-refractivity contribution in [3.8, 4) is 0 Å². The van der Waals surface area contributed by atoms with Crippen molar-refractivity contribution in [3.05, 3.63) is 35.4 Å². The number of rotatable bonds is 4. The van der Waals surface area contributed by atoms with Gasteiger partial charge in [0, 0.05) is 0 Å². The normalized spacial score (nSPS) is 12.6. The first-order valence-electron chi connectivity index (χ1n) is 5.75. The number of hydrogen-bond acceptors (Lipinski definition) is 2. The third-order valence-electron chi connectivity index (χ3n) is 2.49. The second-order valence-corrected chi connectivity index (χ2v) is 4.55. The van der Waals surface area contributed by atoms with Crippen LogP contribution in [0.1, 0.15) is 44.2 Å². The van der Waals surface area contributed by atoms with Gasteiger partial charge in [0.1, 0.15) is 0 Å². The molecule has 88 valence electrons. The first-order valence-corrected chi connectivity index (χ1v) is 5.75. The van der Waals surface area contributed by atoms with Gasteiger partial charge >= 0.3 is 5.97 Å². The van der Waals surface area contributed by atoms with Gasteiger partial charge in [-0.25, -0.2) is 0 Å². The standard InChI is InChI=1S/C14H20O2/c1-10(2)16-14(15)9-12(4)13-7-5-11(3)6-8-13/h5-8,10,12H,9H2,1-4H3/t12-/m1/s1. The Morgan fingerprint density at radius 1 is 1.19 bits per heavy atom. The van der Waals surface area contributed by atoms with Crippen LogP contribution in [0.4, 0.5) is 0 Å². The molecule has 0 aliphatic heterocycles. The van der Waals surface area contributed by atoms with E-state index in [2.05, 4.69) is 31.2 Å². The molecule has 0 unspecified atom stereocenters. The Hall–Kier alpha value is -1.31. The highest BCUT2D eigenvalue weighted by Gasteiger charge is 2.13. The van der Waals surface area contributed by atoms with Crippen LogP contribution in [0.3, 0.4) is 0 Å². The molecule has 0 heterocycles. The van der Waals surface area contributed by atoms with Gasteiger partial charge in [0.2, 0.25) is 0 Å². The summed E-state index contributed by atoms with van der Waals surface area (Å²) in [6.45, 7) is 7.84. The summed E-state index contributed by atoms with van der Waals surface area (Å²) in [5.74, 6) is 0.0925. The monoisotopic (exact) mass is 220 g/mol. The van der Waals surface area contributed by atoms with Crippen LogP contribution in [0.5, 0.6) is 0 Å². The van der Waals surface area contributed by atoms with E-state index in [1.807, 2.05) is 20.8 Å². The van der Waals surface area contributed by atoms with E-state index in [0.29, 0.717) is 6.42 Å². The van der Waals surface area contributed by atoms with Crippen molar-refractivity contribution in [3.63, 3.8) is 0 Å². The van der Waals surface area contributed by atoms with E-state index in [4.69, 9.17) is 4.74 Å². The molecule has 16 heavy (non-hydrogen) atoms. The SMILES string of the molecule is Cc1ccc([C@H](C)CC(=O)OC(C)C)cc1. The van der Waals surface area contributed by atoms with Gasteiger partial charge in [-0.2, -0.15) is 0 Å². The Bertz CT molecular complexity index is 338. The highest BCUT2D eigenvalue weighted by molar-refractivity contribution is 5.70. The number of carbonyl (C=O) groups excluding carboxylic acids is 1. The minimum Gasteiger partial charge on any atom is -0.463 e. The van der Waals surface area contributed by atoms with Crippen molar-refractivity contribution in [1.29, 1.82) is 0 Å². The highest BCUT2D eigenvalue weighted by atomic mass is 16.5. The fraction of sp³-hybridized carbons (Fsp3) is 0.500. The van der Waals surface area contributed by atoms with Gasteiger partial charge in [-0.1, -0.05) is 36.8 Å². The second kappa shape index (κ2) is 5.69. The molecular weight excluding hydrogens is 200 g/mol. The fourth-order valence-corrected chi connectivity index (χ4v) is 1.57. The maximum Gasteiger partial charge on any atom is 0.306 e. The number of ether oxygens (including phenoxy) is 1. The Labute approximate surface area is 97.6 Å². The zero-order valence-corrected chi connectivity index (χ0v) is 10.5. The zero-order valence-electron chi connectivity index (χ0n) is 10.5. The van der Waals surface area contributed by atoms with E-state index in [-0.39, 0.29) is 18.0 Å². The van der Waals surface area contributed by atoms with Crippen molar-refractivity contribution in [2.75, 3.05) is 0 Å². The molecule has 1 atom stereocenters. The number of esters is 1. The van der Waals surface area contributed by atoms with E-state index < -0.39 is 0 Å². The van der Waals surface area contributed by atoms with Gasteiger partial charge in [-0.05, 0) is 32.3 Å². The number of hydrogen-bond donors (Lipinski definition) is 0. The lowest BCUT2D eigenvalue weighted by atomic mass is 9.97. The highest BCUT2D eigenvalue weighted by Crippen LogP contribution is 2.20. The largest absolute Gasteiger partial charge is 0.463 e. The van der Waals surface area contributed by atoms with Crippen LogP contribution in [-0.4, -0.2) is 12.1 Å². The van der Waals surface area contributed by atoms with Crippen molar-refractivity contribution in [2.45, 2.75) is 46.1 Å². The Kier molecular flexibility index (Phi) is 4.53. The van der Waals surface area contributed by atoms with Gasteiger partial charge in [-0.15, -0.1) is 0 Å². The molecule has 0 saturated heterocycles. The molecule has 0 bridgehead atoms. The van der Waals surface area contributed by atoms with Crippen molar-refractivity contribution < 1.29 is 9.53 Å². The number of aryl methyl sites for hydroxylation is 1. The predicted molar refractivity (Wildman–Crippen MR) is 65.4 cm³/mol. The van der Waals surface area contributed by atoms with Crippen molar-refractivity contribution >= 4 is 5.97 Å². The summed E-state index contributed by atoms with van der Waals surface area (Å²) in [6.07, 6.45) is 0.416. The minimum absolute atomic E-state index is 0.0299. The summed E-state index contributed by atoms with van der Waals surface area (Å²) in [7, 11) is 0. The molecule has 1 aromatic carbocycles. The summed E-state index contributed by atoms with van der Waals surface area (Å²) >= 11 is 0. The van der Waals surface area contributed by atoms with Crippen LogP contribution in [0, 0.1) is 6.92 Å². The molecule has 0 N–H and O–H groups in total. The van der Waals surface area contributed by atoms with Gasteiger partial charge in [0.15, 0.2) is 0 Å². The maximum absolute atomic E-state index is 11.5. The van der Waals surface area contributed by atoms with Gasteiger partial charge in [0.05, 0.1) is 12.5 Å². The van der Waals surface area contributed by atoms with Crippen LogP contribution in [0.25, 0.3) is 0 Å². The van der Waals surface area contributed by atoms with Crippen LogP contribution in [0.15, 0.2) is 24.3 Å². The first-order chi connectivity index (χ1) is 7.49. The Morgan fingerprint density at radius 2 is 1.75 bits per heavy atom. The number of carbonyl (C=O) groups is 1. The van der Waals surface area contributed by atoms with Crippen LogP contribution in [-0.2, 0) is 9.53 Å². The Morgan fingerprint density at radius 3 is 2.25 bits per heavy atom. The smallest absolute Gasteiger partial charge is 0.306 e. The summed E-state index contributed by atoms with van der Waals surface area (Å²) in [5, 5.41) is 0. The lowest BCUT2D eigenvalue weighted by molar-refractivity contribution is -0.147. The molecule has 1 aromatic rings. The first kappa shape index (κ1) is 12.8. The molecular formula is C14H20O2. The van der Waals surface area contributed by atoms with E-state index in [1.54, 1.807) is 0 Å². The van der Waals surface area contributed by atoms with Gasteiger partial charge in [0.25, 0.3) is 0 Å². The van der Waals surface area contributed by atoms with Crippen LogP contribution >= 0.6 is 0 Å². The van der Waals surface area contributed by atoms with Crippen molar-refractivity contribution in [1.82, 2.24) is 0 Å². The maximum atomic E-state index is 11.5. The van der Waals surface area contributed by atoms with E-state index in [1.165, 1.54) is 11.1 Å². The fourth-order valence-electron chi connectivity index (χ4n) is 1.57. The number of benzene rings is 1. The average Bonchev–Trinajstić information content (AvgIpc) is 2.16. The molecule has 0 aliphatic carbocycles. The summed E-state index contributed by atoms with van der Waals surface area (Å²) in [5.41, 5.74) is 2.42. The molecule has 0 aromatic heterocycles. The summed E-state index contributed by atoms with van der Waals surface area (Å²) in [4.78, 5) is 11.5. The molecule has 0 fully saturated rings. The molecule has 2 nitrogen and oxygen atoms in total. The summed E-state index contributed by atoms with van der Waals surface area (Å²) < 4.78 is 5.13. The van der Waals surface area contributed by atoms with E-state index in [0.717, 1.165) is 0 Å². The summed E-state index contributed by atoms with van der Waals surface area (Å²) in [6, 6.07) is 8.28. The predicted octanol–water partition coefficient (Wildman–Crippen LogP) is 3.44. The molecule has 0 aliphatic rings. The minimum atomic E-state index is -0.122. The quantitative estimate of drug-likeness (QED) is 0.726. The van der Waals surface area contributed by atoms with Gasteiger partial charge < -0.3 is 4.74 Å². The molecule has 0 amide bonds. The lowest BCUT2D eigenvalue weighted by Gasteiger charge is -2.13. The Balaban J connectivity index is 2.55. The van der Waals surface area contributed by atoms with Gasteiger partial charge in [-0.3, -0.25) is 4.79 Å². The third-order valence-corrected chi connectivity index (χ3v) is 2.49. The zero-order chi connectivity index (χ0) is 12.1. The van der Waals surface area contributed by atoms with Crippen LogP contribution in [0.2, 0.25) is 0 Å². The van der Waals surface area contributed by atoms with Crippen molar-refractivity contribution in [2.24, 2.45) is 0 Å². The molecule has 0 spiro atoms. The van der Waals surface area contributed by atoms with E-state index >= 15 is 0 Å². The van der Waals surface area contributed by atoms with Crippen LogP contribution < -0.4 is 0 Å². The molecule has 0 radical (unpaired) electrons. The topological polar surface area (TPSA) is 26.3 Å². The molecule has 1 rings (SSSR count).